The minimum Gasteiger partial charge on any atom is -0.330 e. The number of imide groups is 1. The molecule has 0 spiro atoms. The maximum atomic E-state index is 12.9. The molecular weight excluding hydrogens is 356 g/mol. The van der Waals surface area contributed by atoms with Crippen LogP contribution < -0.4 is 11.1 Å². The van der Waals surface area contributed by atoms with Crippen LogP contribution in [-0.4, -0.2) is 52.7 Å². The van der Waals surface area contributed by atoms with Crippen molar-refractivity contribution in [3.63, 3.8) is 0 Å². The van der Waals surface area contributed by atoms with E-state index in [0.717, 1.165) is 43.6 Å². The molecule has 1 aromatic rings. The third-order valence-electron chi connectivity index (χ3n) is 6.43. The number of benzene rings is 1. The normalized spacial score (nSPS) is 28.4. The van der Waals surface area contributed by atoms with Gasteiger partial charge in [-0.25, -0.2) is 0 Å². The number of nitrogens with two attached hydrogens (primary N) is 1. The van der Waals surface area contributed by atoms with Gasteiger partial charge in [0.05, 0.1) is 0 Å². The molecule has 3 atom stereocenters. The van der Waals surface area contributed by atoms with Gasteiger partial charge in [0.15, 0.2) is 0 Å². The van der Waals surface area contributed by atoms with E-state index in [9.17, 15) is 14.4 Å². The van der Waals surface area contributed by atoms with Crippen molar-refractivity contribution >= 4 is 17.7 Å². The first kappa shape index (κ1) is 19.1. The van der Waals surface area contributed by atoms with E-state index in [2.05, 4.69) is 23.2 Å². The maximum Gasteiger partial charge on any atom is 0.255 e. The molecule has 4 rings (SSSR count). The highest BCUT2D eigenvalue weighted by Crippen LogP contribution is 2.29. The molecule has 2 saturated heterocycles. The predicted octanol–water partition coefficient (Wildman–Crippen LogP) is 1.01. The van der Waals surface area contributed by atoms with Crippen molar-refractivity contribution in [3.8, 4) is 0 Å². The number of likely N-dealkylation sites (tertiary alicyclic amines) is 1. The molecule has 7 heteroatoms. The van der Waals surface area contributed by atoms with E-state index in [0.29, 0.717) is 30.5 Å². The van der Waals surface area contributed by atoms with Crippen LogP contribution >= 0.6 is 0 Å². The van der Waals surface area contributed by atoms with Crippen LogP contribution in [0.1, 0.15) is 54.1 Å². The van der Waals surface area contributed by atoms with Gasteiger partial charge in [0.1, 0.15) is 6.04 Å². The summed E-state index contributed by atoms with van der Waals surface area (Å²) in [5, 5.41) is 2.34. The molecule has 0 radical (unpaired) electrons. The fourth-order valence-electron chi connectivity index (χ4n) is 4.70. The highest BCUT2D eigenvalue weighted by molar-refractivity contribution is 6.05. The quantitative estimate of drug-likeness (QED) is 0.756. The van der Waals surface area contributed by atoms with Gasteiger partial charge >= 0.3 is 0 Å². The van der Waals surface area contributed by atoms with Gasteiger partial charge in [0, 0.05) is 31.1 Å². The highest BCUT2D eigenvalue weighted by atomic mass is 16.2. The molecule has 2 fully saturated rings. The van der Waals surface area contributed by atoms with Gasteiger partial charge < -0.3 is 10.6 Å². The topological polar surface area (TPSA) is 95.7 Å². The fourth-order valence-corrected chi connectivity index (χ4v) is 4.70. The number of carbonyl (C=O) groups excluding carboxylic acids is 3. The zero-order valence-electron chi connectivity index (χ0n) is 16.3. The molecule has 3 heterocycles. The van der Waals surface area contributed by atoms with Crippen molar-refractivity contribution < 1.29 is 14.4 Å². The van der Waals surface area contributed by atoms with Gasteiger partial charge in [-0.3, -0.25) is 24.6 Å². The summed E-state index contributed by atoms with van der Waals surface area (Å²) in [5.41, 5.74) is 8.58. The first-order chi connectivity index (χ1) is 13.5. The zero-order chi connectivity index (χ0) is 19.8. The summed E-state index contributed by atoms with van der Waals surface area (Å²) in [4.78, 5) is 40.6. The molecule has 0 bridgehead atoms. The lowest BCUT2D eigenvalue weighted by atomic mass is 9.91. The summed E-state index contributed by atoms with van der Waals surface area (Å²) >= 11 is 0. The number of nitrogens with one attached hydrogen (secondary N) is 1. The number of piperidine rings is 2. The molecule has 3 N–H and O–H groups in total. The second-order valence-corrected chi connectivity index (χ2v) is 8.34. The van der Waals surface area contributed by atoms with Crippen molar-refractivity contribution in [2.24, 2.45) is 11.7 Å². The molecule has 0 saturated carbocycles. The van der Waals surface area contributed by atoms with Crippen LogP contribution in [0.5, 0.6) is 0 Å². The Morgan fingerprint density at radius 1 is 1.21 bits per heavy atom. The van der Waals surface area contributed by atoms with Crippen molar-refractivity contribution in [1.82, 2.24) is 15.1 Å². The molecule has 0 aliphatic carbocycles. The Bertz CT molecular complexity index is 809. The van der Waals surface area contributed by atoms with Gasteiger partial charge in [0.25, 0.3) is 5.91 Å². The molecule has 150 valence electrons. The predicted molar refractivity (Wildman–Crippen MR) is 104 cm³/mol. The van der Waals surface area contributed by atoms with E-state index in [-0.39, 0.29) is 24.1 Å². The number of rotatable bonds is 4. The summed E-state index contributed by atoms with van der Waals surface area (Å²) in [6.45, 7) is 5.26. The summed E-state index contributed by atoms with van der Waals surface area (Å²) in [7, 11) is 0. The van der Waals surface area contributed by atoms with E-state index in [1.807, 2.05) is 12.1 Å². The molecule has 3 amide bonds. The first-order valence-electron chi connectivity index (χ1n) is 10.2. The van der Waals surface area contributed by atoms with Crippen LogP contribution in [0.2, 0.25) is 0 Å². The second-order valence-electron chi connectivity index (χ2n) is 8.34. The van der Waals surface area contributed by atoms with E-state index in [1.165, 1.54) is 0 Å². The molecule has 1 aromatic carbocycles. The largest absolute Gasteiger partial charge is 0.330 e. The van der Waals surface area contributed by atoms with Crippen LogP contribution in [0, 0.1) is 5.92 Å². The zero-order valence-corrected chi connectivity index (χ0v) is 16.3. The van der Waals surface area contributed by atoms with Crippen molar-refractivity contribution in [2.75, 3.05) is 13.1 Å². The van der Waals surface area contributed by atoms with Crippen molar-refractivity contribution in [1.29, 1.82) is 0 Å². The number of fused-ring (bicyclic) bond motifs is 1. The number of hydrogen-bond donors (Lipinski definition) is 2. The summed E-state index contributed by atoms with van der Waals surface area (Å²) in [5.74, 6) is -0.134. The van der Waals surface area contributed by atoms with E-state index < -0.39 is 6.04 Å². The molecule has 3 aliphatic rings. The average molecular weight is 384 g/mol. The second kappa shape index (κ2) is 7.64. The van der Waals surface area contributed by atoms with Gasteiger partial charge in [-0.2, -0.15) is 0 Å². The molecule has 0 aromatic heterocycles. The van der Waals surface area contributed by atoms with Gasteiger partial charge in [0.2, 0.25) is 11.8 Å². The smallest absolute Gasteiger partial charge is 0.255 e. The van der Waals surface area contributed by atoms with E-state index >= 15 is 0 Å². The number of carbonyl (C=O) groups is 3. The minimum absolute atomic E-state index is 0.110. The lowest BCUT2D eigenvalue weighted by molar-refractivity contribution is -0.136. The number of hydrogen-bond acceptors (Lipinski definition) is 5. The highest BCUT2D eigenvalue weighted by Gasteiger charge is 2.39. The van der Waals surface area contributed by atoms with Crippen LogP contribution in [0.4, 0.5) is 0 Å². The molecule has 28 heavy (non-hydrogen) atoms. The van der Waals surface area contributed by atoms with Crippen LogP contribution in [0.15, 0.2) is 18.2 Å². The average Bonchev–Trinajstić information content (AvgIpc) is 2.99. The third kappa shape index (κ3) is 3.56. The summed E-state index contributed by atoms with van der Waals surface area (Å²) in [6.07, 6.45) is 2.90. The third-order valence-corrected chi connectivity index (χ3v) is 6.43. The summed E-state index contributed by atoms with van der Waals surface area (Å²) < 4.78 is 0. The van der Waals surface area contributed by atoms with Crippen molar-refractivity contribution in [2.45, 2.75) is 57.8 Å². The van der Waals surface area contributed by atoms with Crippen LogP contribution in [-0.2, 0) is 22.7 Å². The van der Waals surface area contributed by atoms with Crippen LogP contribution in [0.25, 0.3) is 0 Å². The lowest BCUT2D eigenvalue weighted by Crippen LogP contribution is -2.52. The van der Waals surface area contributed by atoms with E-state index in [1.54, 1.807) is 4.90 Å². The minimum atomic E-state index is -0.559. The van der Waals surface area contributed by atoms with Crippen molar-refractivity contribution in [3.05, 3.63) is 34.9 Å². The first-order valence-corrected chi connectivity index (χ1v) is 10.2. The Balaban J connectivity index is 1.46. The van der Waals surface area contributed by atoms with E-state index in [4.69, 9.17) is 5.73 Å². The SMILES string of the molecule is CC1CC(CN)CCN1Cc1ccc2c(c1)C(=O)N(C1CCC(=O)NC1=O)C2. The Labute approximate surface area is 165 Å². The monoisotopic (exact) mass is 384 g/mol. The van der Waals surface area contributed by atoms with Crippen LogP contribution in [0.3, 0.4) is 0 Å². The molecule has 7 nitrogen and oxygen atoms in total. The Hall–Kier alpha value is -2.25. The molecule has 3 unspecified atom stereocenters. The molecular formula is C21H28N4O3. The van der Waals surface area contributed by atoms with Gasteiger partial charge in [-0.15, -0.1) is 0 Å². The number of nitrogens with zero attached hydrogens (tertiary/aromatic N) is 2. The summed E-state index contributed by atoms with van der Waals surface area (Å²) in [6, 6.07) is 5.99. The van der Waals surface area contributed by atoms with Gasteiger partial charge in [-0.05, 0) is 62.4 Å². The Kier molecular flexibility index (Phi) is 5.21. The Morgan fingerprint density at radius 3 is 2.75 bits per heavy atom. The fraction of sp³-hybridized carbons (Fsp3) is 0.571. The maximum absolute atomic E-state index is 12.9. The lowest BCUT2D eigenvalue weighted by Gasteiger charge is -2.37. The standard InChI is InChI=1S/C21H28N4O3/c1-13-8-14(10-22)6-7-24(13)11-15-2-3-16-12-25(21(28)17(16)9-15)18-4-5-19(26)23-20(18)27/h2-3,9,13-14,18H,4-8,10-12,22H2,1H3,(H,23,26,27). The number of amides is 3. The Morgan fingerprint density at radius 2 is 2.04 bits per heavy atom. The van der Waals surface area contributed by atoms with Gasteiger partial charge in [-0.1, -0.05) is 12.1 Å². The molecule has 3 aliphatic heterocycles.